The fourth-order valence-corrected chi connectivity index (χ4v) is 4.12. The maximum absolute atomic E-state index is 12.6. The van der Waals surface area contributed by atoms with Gasteiger partial charge >= 0.3 is 0 Å². The molecule has 0 unspecified atom stereocenters. The number of halogens is 1. The summed E-state index contributed by atoms with van der Waals surface area (Å²) in [5.74, 6) is 0.986. The molecule has 0 spiro atoms. The molecule has 0 saturated carbocycles. The van der Waals surface area contributed by atoms with Gasteiger partial charge in [0.15, 0.2) is 10.7 Å². The maximum atomic E-state index is 12.6. The molecule has 4 aromatic rings. The van der Waals surface area contributed by atoms with E-state index in [9.17, 15) is 9.90 Å². The Kier molecular flexibility index (Phi) is 8.56. The van der Waals surface area contributed by atoms with Gasteiger partial charge in [-0.2, -0.15) is 0 Å². The van der Waals surface area contributed by atoms with Crippen LogP contribution in [0.2, 0.25) is 0 Å². The lowest BCUT2D eigenvalue weighted by Gasteiger charge is -2.10. The standard InChI is InChI=1S/C27H26BrN3O4S/c1-2-3-4-5-14-34-20-10-6-17(7-11-20)25(33)31-27(36)29-19-9-13-24-22(16-19)30-26(35-24)18-8-12-23(32)21(28)15-18/h6-13,15-16,32H,2-5,14H2,1H3,(H2,29,31,33,36). The number of amides is 1. The molecule has 0 saturated heterocycles. The molecule has 186 valence electrons. The number of nitrogens with zero attached hydrogens (tertiary/aromatic N) is 1. The molecule has 7 nitrogen and oxygen atoms in total. The summed E-state index contributed by atoms with van der Waals surface area (Å²) < 4.78 is 12.1. The lowest BCUT2D eigenvalue weighted by atomic mass is 10.2. The minimum Gasteiger partial charge on any atom is -0.507 e. The number of rotatable bonds is 9. The van der Waals surface area contributed by atoms with Crippen molar-refractivity contribution in [1.29, 1.82) is 0 Å². The number of hydrogen-bond donors (Lipinski definition) is 3. The minimum atomic E-state index is -0.315. The second-order valence-electron chi connectivity index (χ2n) is 8.21. The van der Waals surface area contributed by atoms with Gasteiger partial charge in [0.2, 0.25) is 5.89 Å². The highest BCUT2D eigenvalue weighted by molar-refractivity contribution is 9.10. The largest absolute Gasteiger partial charge is 0.507 e. The second-order valence-corrected chi connectivity index (χ2v) is 9.47. The van der Waals surface area contributed by atoms with E-state index in [1.54, 1.807) is 60.7 Å². The van der Waals surface area contributed by atoms with E-state index in [1.165, 1.54) is 12.8 Å². The topological polar surface area (TPSA) is 96.6 Å². The van der Waals surface area contributed by atoms with E-state index >= 15 is 0 Å². The van der Waals surface area contributed by atoms with Crippen molar-refractivity contribution in [3.63, 3.8) is 0 Å². The molecule has 0 aliphatic rings. The van der Waals surface area contributed by atoms with E-state index in [1.807, 2.05) is 0 Å². The number of oxazole rings is 1. The first kappa shape index (κ1) is 25.7. The van der Waals surface area contributed by atoms with Crippen LogP contribution < -0.4 is 15.4 Å². The highest BCUT2D eigenvalue weighted by atomic mass is 79.9. The minimum absolute atomic E-state index is 0.138. The van der Waals surface area contributed by atoms with Gasteiger partial charge in [0.25, 0.3) is 5.91 Å². The Morgan fingerprint density at radius 3 is 2.64 bits per heavy atom. The number of unbranched alkanes of at least 4 members (excludes halogenated alkanes) is 3. The summed E-state index contributed by atoms with van der Waals surface area (Å²) in [4.78, 5) is 17.1. The van der Waals surface area contributed by atoms with Crippen LogP contribution in [0.25, 0.3) is 22.6 Å². The van der Waals surface area contributed by atoms with E-state index in [2.05, 4.69) is 38.5 Å². The summed E-state index contributed by atoms with van der Waals surface area (Å²) in [7, 11) is 0. The number of aromatic hydroxyl groups is 1. The molecule has 4 rings (SSSR count). The Labute approximate surface area is 223 Å². The van der Waals surface area contributed by atoms with Crippen LogP contribution in [0.3, 0.4) is 0 Å². The zero-order chi connectivity index (χ0) is 25.5. The molecule has 1 heterocycles. The first-order chi connectivity index (χ1) is 17.4. The van der Waals surface area contributed by atoms with Crippen molar-refractivity contribution < 1.29 is 19.1 Å². The van der Waals surface area contributed by atoms with Gasteiger partial charge in [-0.3, -0.25) is 10.1 Å². The Morgan fingerprint density at radius 1 is 1.08 bits per heavy atom. The molecule has 0 aliphatic heterocycles. The summed E-state index contributed by atoms with van der Waals surface area (Å²) in [6.07, 6.45) is 4.58. The van der Waals surface area contributed by atoms with Crippen molar-refractivity contribution in [3.05, 3.63) is 70.7 Å². The number of fused-ring (bicyclic) bond motifs is 1. The highest BCUT2D eigenvalue weighted by Gasteiger charge is 2.12. The fraction of sp³-hybridized carbons (Fsp3) is 0.222. The molecular formula is C27H26BrN3O4S. The molecule has 0 bridgehead atoms. The van der Waals surface area contributed by atoms with E-state index in [0.29, 0.717) is 39.3 Å². The molecule has 3 aromatic carbocycles. The van der Waals surface area contributed by atoms with E-state index in [-0.39, 0.29) is 16.8 Å². The van der Waals surface area contributed by atoms with Gasteiger partial charge in [0, 0.05) is 16.8 Å². The van der Waals surface area contributed by atoms with E-state index < -0.39 is 0 Å². The van der Waals surface area contributed by atoms with Crippen molar-refractivity contribution >= 4 is 56.0 Å². The highest BCUT2D eigenvalue weighted by Crippen LogP contribution is 2.31. The predicted molar refractivity (Wildman–Crippen MR) is 149 cm³/mol. The molecule has 0 radical (unpaired) electrons. The fourth-order valence-electron chi connectivity index (χ4n) is 3.53. The molecule has 0 atom stereocenters. The van der Waals surface area contributed by atoms with Crippen LogP contribution >= 0.6 is 28.1 Å². The van der Waals surface area contributed by atoms with Gasteiger partial charge in [0.1, 0.15) is 17.0 Å². The SMILES string of the molecule is CCCCCCOc1ccc(C(=O)NC(=S)Nc2ccc3oc(-c4ccc(O)c(Br)c4)nc3c2)cc1. The third kappa shape index (κ3) is 6.61. The maximum Gasteiger partial charge on any atom is 0.257 e. The number of carbonyl (C=O) groups excluding carboxylic acids is 1. The number of carbonyl (C=O) groups is 1. The van der Waals surface area contributed by atoms with Gasteiger partial charge in [-0.05, 0) is 95.2 Å². The first-order valence-corrected chi connectivity index (χ1v) is 12.9. The third-order valence-electron chi connectivity index (χ3n) is 5.45. The molecule has 0 aliphatic carbocycles. The normalized spacial score (nSPS) is 10.8. The molecule has 9 heteroatoms. The van der Waals surface area contributed by atoms with Crippen molar-refractivity contribution in [3.8, 4) is 23.0 Å². The van der Waals surface area contributed by atoms with Gasteiger partial charge < -0.3 is 19.6 Å². The van der Waals surface area contributed by atoms with Crippen LogP contribution in [0, 0.1) is 0 Å². The van der Waals surface area contributed by atoms with Gasteiger partial charge in [-0.25, -0.2) is 4.98 Å². The number of phenolic OH excluding ortho intramolecular Hbond substituents is 1. The molecule has 1 amide bonds. The number of ether oxygens (including phenoxy) is 1. The average molecular weight is 568 g/mol. The molecule has 0 fully saturated rings. The first-order valence-electron chi connectivity index (χ1n) is 11.7. The van der Waals surface area contributed by atoms with E-state index in [0.717, 1.165) is 24.2 Å². The molecule has 1 aromatic heterocycles. The van der Waals surface area contributed by atoms with Gasteiger partial charge in [-0.1, -0.05) is 26.2 Å². The quantitative estimate of drug-likeness (QED) is 0.147. The van der Waals surface area contributed by atoms with Crippen LogP contribution in [-0.2, 0) is 0 Å². The smallest absolute Gasteiger partial charge is 0.257 e. The summed E-state index contributed by atoms with van der Waals surface area (Å²) >= 11 is 8.62. The Morgan fingerprint density at radius 2 is 1.89 bits per heavy atom. The van der Waals surface area contributed by atoms with Crippen LogP contribution in [-0.4, -0.2) is 27.7 Å². The zero-order valence-electron chi connectivity index (χ0n) is 19.7. The number of aromatic nitrogens is 1. The molecule has 3 N–H and O–H groups in total. The number of phenols is 1. The van der Waals surface area contributed by atoms with Gasteiger partial charge in [-0.15, -0.1) is 0 Å². The predicted octanol–water partition coefficient (Wildman–Crippen LogP) is 7.05. The molecular weight excluding hydrogens is 542 g/mol. The van der Waals surface area contributed by atoms with Crippen molar-refractivity contribution in [2.24, 2.45) is 0 Å². The van der Waals surface area contributed by atoms with Crippen LogP contribution in [0.15, 0.2) is 69.6 Å². The third-order valence-corrected chi connectivity index (χ3v) is 6.29. The van der Waals surface area contributed by atoms with Crippen molar-refractivity contribution in [1.82, 2.24) is 10.3 Å². The molecule has 36 heavy (non-hydrogen) atoms. The Hall–Kier alpha value is -3.43. The zero-order valence-corrected chi connectivity index (χ0v) is 22.1. The number of anilines is 1. The summed E-state index contributed by atoms with van der Waals surface area (Å²) in [6, 6.07) is 17.4. The number of nitrogens with one attached hydrogen (secondary N) is 2. The van der Waals surface area contributed by atoms with Crippen molar-refractivity contribution in [2.75, 3.05) is 11.9 Å². The lowest BCUT2D eigenvalue weighted by molar-refractivity contribution is 0.0977. The second kappa shape index (κ2) is 12.0. The van der Waals surface area contributed by atoms with Crippen molar-refractivity contribution in [2.45, 2.75) is 32.6 Å². The Bertz CT molecular complexity index is 1370. The van der Waals surface area contributed by atoms with Crippen LogP contribution in [0.1, 0.15) is 43.0 Å². The summed E-state index contributed by atoms with van der Waals surface area (Å²) in [5.41, 5.74) is 3.09. The summed E-state index contributed by atoms with van der Waals surface area (Å²) in [6.45, 7) is 2.85. The van der Waals surface area contributed by atoms with Crippen LogP contribution in [0.5, 0.6) is 11.5 Å². The Balaban J connectivity index is 1.34. The monoisotopic (exact) mass is 567 g/mol. The number of thiocarbonyl (C=S) groups is 1. The van der Waals surface area contributed by atoms with Gasteiger partial charge in [0.05, 0.1) is 11.1 Å². The average Bonchev–Trinajstić information content (AvgIpc) is 3.29. The number of benzene rings is 3. The van der Waals surface area contributed by atoms with Crippen LogP contribution in [0.4, 0.5) is 5.69 Å². The number of hydrogen-bond acceptors (Lipinski definition) is 6. The van der Waals surface area contributed by atoms with E-state index in [4.69, 9.17) is 21.4 Å². The lowest BCUT2D eigenvalue weighted by Crippen LogP contribution is -2.34. The summed E-state index contributed by atoms with van der Waals surface area (Å²) in [5, 5.41) is 15.6.